The van der Waals surface area contributed by atoms with Crippen LogP contribution in [0.1, 0.15) is 19.8 Å². The summed E-state index contributed by atoms with van der Waals surface area (Å²) in [6, 6.07) is 0. The van der Waals surface area contributed by atoms with E-state index in [0.29, 0.717) is 0 Å². The van der Waals surface area contributed by atoms with Crippen LogP contribution in [0.3, 0.4) is 0 Å². The molecule has 0 unspecified atom stereocenters. The first-order chi connectivity index (χ1) is 5.02. The van der Waals surface area contributed by atoms with E-state index in [1.165, 1.54) is 4.31 Å². The summed E-state index contributed by atoms with van der Waals surface area (Å²) in [6.07, 6.45) is 1.97. The van der Waals surface area contributed by atoms with Gasteiger partial charge in [-0.3, -0.25) is 4.79 Å². The molecule has 11 heavy (non-hydrogen) atoms. The Morgan fingerprint density at radius 3 is 2.64 bits per heavy atom. The number of nitrogens with zero attached hydrogens (tertiary/aromatic N) is 1. The van der Waals surface area contributed by atoms with Crippen molar-refractivity contribution in [2.24, 2.45) is 0 Å². The van der Waals surface area contributed by atoms with Gasteiger partial charge in [-0.25, -0.2) is 0 Å². The Morgan fingerprint density at radius 1 is 1.73 bits per heavy atom. The Bertz CT molecular complexity index is 166. The van der Waals surface area contributed by atoms with E-state index in [2.05, 4.69) is 0 Å². The van der Waals surface area contributed by atoms with Crippen LogP contribution in [0.25, 0.3) is 0 Å². The number of carbonyl (C=O) groups excluding carboxylic acids is 1. The lowest BCUT2D eigenvalue weighted by atomic mass is 10.4. The lowest BCUT2D eigenvalue weighted by Crippen LogP contribution is -2.26. The second kappa shape index (κ2) is 3.03. The van der Waals surface area contributed by atoms with Crippen molar-refractivity contribution in [3.05, 3.63) is 0 Å². The largest absolute Gasteiger partial charge is 0.702 e. The molecule has 0 aromatic rings. The van der Waals surface area contributed by atoms with E-state index in [4.69, 9.17) is 17.6 Å². The molecule has 1 rings (SSSR count). The number of ether oxygens (including phenoxy) is 1. The van der Waals surface area contributed by atoms with Gasteiger partial charge < -0.3 is 21.9 Å². The van der Waals surface area contributed by atoms with Gasteiger partial charge in [0.1, 0.15) is 5.60 Å². The lowest BCUT2D eigenvalue weighted by molar-refractivity contribution is -0.149. The first-order valence-electron chi connectivity index (χ1n) is 3.62. The number of rotatable bonds is 3. The summed E-state index contributed by atoms with van der Waals surface area (Å²) in [4.78, 5) is 11.0. The molecule has 0 radical (unpaired) electrons. The topological polar surface area (TPSA) is 29.5 Å². The molecule has 0 aliphatic heterocycles. The molecule has 0 heterocycles. The van der Waals surface area contributed by atoms with Crippen molar-refractivity contribution in [1.82, 2.24) is 4.31 Å². The first kappa shape index (κ1) is 8.87. The van der Waals surface area contributed by atoms with Crippen molar-refractivity contribution in [1.29, 1.82) is 0 Å². The normalized spacial score (nSPS) is 20.0. The highest BCUT2D eigenvalue weighted by Gasteiger charge is 2.41. The van der Waals surface area contributed by atoms with E-state index < -0.39 is 0 Å². The molecule has 4 heteroatoms. The Balaban J connectivity index is 2.21. The maximum Gasteiger partial charge on any atom is 0.318 e. The highest BCUT2D eigenvalue weighted by molar-refractivity contribution is 7.55. The predicted molar refractivity (Wildman–Crippen MR) is 43.7 cm³/mol. The van der Waals surface area contributed by atoms with E-state index in [9.17, 15) is 4.79 Å². The minimum absolute atomic E-state index is 0.164. The van der Waals surface area contributed by atoms with Crippen LogP contribution >= 0.6 is 0 Å². The van der Waals surface area contributed by atoms with E-state index in [0.717, 1.165) is 12.8 Å². The molecule has 0 atom stereocenters. The molecule has 1 saturated carbocycles. The van der Waals surface area contributed by atoms with Crippen molar-refractivity contribution in [2.75, 3.05) is 13.6 Å². The molecule has 0 spiro atoms. The Labute approximate surface area is 72.2 Å². The highest BCUT2D eigenvalue weighted by Crippen LogP contribution is 2.38. The fraction of sp³-hybridized carbons (Fsp3) is 0.857. The third-order valence-corrected chi connectivity index (χ3v) is 1.80. The van der Waals surface area contributed by atoms with Gasteiger partial charge in [0.25, 0.3) is 0 Å². The number of hydrogen-bond acceptors (Lipinski definition) is 4. The van der Waals surface area contributed by atoms with Crippen LogP contribution in [0.4, 0.5) is 0 Å². The summed E-state index contributed by atoms with van der Waals surface area (Å²) in [5.41, 5.74) is -0.164. The van der Waals surface area contributed by atoms with Crippen LogP contribution in [-0.4, -0.2) is 29.5 Å². The lowest BCUT2D eigenvalue weighted by Gasteiger charge is -2.22. The van der Waals surface area contributed by atoms with Crippen LogP contribution in [0.5, 0.6) is 0 Å². The average Bonchev–Trinajstić information content (AvgIpc) is 2.44. The molecule has 1 aliphatic rings. The van der Waals surface area contributed by atoms with Crippen molar-refractivity contribution in [2.45, 2.75) is 25.4 Å². The summed E-state index contributed by atoms with van der Waals surface area (Å²) >= 11 is 4.70. The molecular formula is C7H12NO2S-. The third-order valence-electron chi connectivity index (χ3n) is 1.67. The minimum Gasteiger partial charge on any atom is -0.702 e. The van der Waals surface area contributed by atoms with Gasteiger partial charge in [0.05, 0.1) is 6.54 Å². The SMILES string of the molecule is CN([S-])CC(=O)OC1(C)CC1. The zero-order chi connectivity index (χ0) is 8.48. The summed E-state index contributed by atoms with van der Waals surface area (Å²) < 4.78 is 6.51. The summed E-state index contributed by atoms with van der Waals surface area (Å²) in [6.45, 7) is 2.14. The molecular weight excluding hydrogens is 162 g/mol. The first-order valence-corrected chi connectivity index (χ1v) is 3.98. The quantitative estimate of drug-likeness (QED) is 0.459. The van der Waals surface area contributed by atoms with Crippen molar-refractivity contribution in [3.8, 4) is 0 Å². The zero-order valence-corrected chi connectivity index (χ0v) is 7.61. The van der Waals surface area contributed by atoms with Gasteiger partial charge in [0.15, 0.2) is 0 Å². The van der Waals surface area contributed by atoms with E-state index in [1.54, 1.807) is 7.05 Å². The van der Waals surface area contributed by atoms with Gasteiger partial charge >= 0.3 is 5.97 Å². The van der Waals surface area contributed by atoms with Gasteiger partial charge in [-0.05, 0) is 26.8 Å². The number of likely N-dealkylation sites (N-methyl/N-ethyl adjacent to an activating group) is 1. The van der Waals surface area contributed by atoms with E-state index in [1.807, 2.05) is 6.92 Å². The Kier molecular flexibility index (Phi) is 2.44. The third kappa shape index (κ3) is 3.12. The van der Waals surface area contributed by atoms with Gasteiger partial charge in [0.2, 0.25) is 0 Å². The second-order valence-electron chi connectivity index (χ2n) is 3.21. The molecule has 1 aliphatic carbocycles. The molecule has 64 valence electrons. The monoisotopic (exact) mass is 174 g/mol. The van der Waals surface area contributed by atoms with Gasteiger partial charge in [-0.2, -0.15) is 0 Å². The molecule has 0 aromatic carbocycles. The molecule has 3 nitrogen and oxygen atoms in total. The average molecular weight is 174 g/mol. The Hall–Kier alpha value is -0.220. The number of carbonyl (C=O) groups is 1. The molecule has 0 aromatic heterocycles. The van der Waals surface area contributed by atoms with Crippen LogP contribution < -0.4 is 0 Å². The van der Waals surface area contributed by atoms with E-state index in [-0.39, 0.29) is 18.1 Å². The second-order valence-corrected chi connectivity index (χ2v) is 3.83. The molecule has 0 amide bonds. The van der Waals surface area contributed by atoms with Crippen LogP contribution in [-0.2, 0) is 22.3 Å². The maximum atomic E-state index is 11.0. The van der Waals surface area contributed by atoms with Crippen molar-refractivity contribution in [3.63, 3.8) is 0 Å². The van der Waals surface area contributed by atoms with Gasteiger partial charge in [-0.15, -0.1) is 0 Å². The fourth-order valence-corrected chi connectivity index (χ4v) is 0.872. The van der Waals surface area contributed by atoms with Crippen LogP contribution in [0.2, 0.25) is 0 Å². The highest BCUT2D eigenvalue weighted by atomic mass is 32.1. The minimum atomic E-state index is -0.220. The molecule has 0 bridgehead atoms. The predicted octanol–water partition coefficient (Wildman–Crippen LogP) is 0.476. The van der Waals surface area contributed by atoms with Gasteiger partial charge in [-0.1, -0.05) is 0 Å². The Morgan fingerprint density at radius 2 is 2.27 bits per heavy atom. The van der Waals surface area contributed by atoms with Gasteiger partial charge in [0, 0.05) is 0 Å². The summed E-state index contributed by atoms with van der Waals surface area (Å²) in [5.74, 6) is -0.220. The summed E-state index contributed by atoms with van der Waals surface area (Å²) in [7, 11) is 1.67. The smallest absolute Gasteiger partial charge is 0.318 e. The summed E-state index contributed by atoms with van der Waals surface area (Å²) in [5, 5.41) is 0. The van der Waals surface area contributed by atoms with Crippen LogP contribution in [0, 0.1) is 0 Å². The molecule has 1 fully saturated rings. The zero-order valence-electron chi connectivity index (χ0n) is 6.79. The molecule has 0 N–H and O–H groups in total. The number of esters is 1. The molecule has 0 saturated heterocycles. The maximum absolute atomic E-state index is 11.0. The van der Waals surface area contributed by atoms with E-state index >= 15 is 0 Å². The van der Waals surface area contributed by atoms with Crippen molar-refractivity contribution < 1.29 is 9.53 Å². The fourth-order valence-electron chi connectivity index (χ4n) is 0.767. The standard InChI is InChI=1S/C7H12NO2S/c1-7(3-4-7)10-6(9)5-8(2)11/h3-5H2,1-2H3/q-1. The number of hydrogen-bond donors (Lipinski definition) is 0. The van der Waals surface area contributed by atoms with Crippen LogP contribution in [0.15, 0.2) is 0 Å². The van der Waals surface area contributed by atoms with Crippen molar-refractivity contribution >= 4 is 18.8 Å².